The van der Waals surface area contributed by atoms with Crippen LogP contribution in [0.5, 0.6) is 0 Å². The number of unbranched alkanes of at least 4 members (excludes halogenated alkanes) is 23. The molecule has 0 aromatic heterocycles. The molecule has 71 heavy (non-hydrogen) atoms. The van der Waals surface area contributed by atoms with Gasteiger partial charge in [0.05, 0.1) is 33.8 Å². The topological polar surface area (TPSA) is 114 Å². The van der Waals surface area contributed by atoms with Crippen molar-refractivity contribution in [1.82, 2.24) is 5.32 Å². The SMILES string of the molecule is CC/C=C\C/C=C\C/C=C\C/C=C\C/C=C\C/C=C\CCC(=O)OC(/C=C/CCCCCCCCCCC)C(COP(=O)([O-])OCC[N+](C)(C)C)NC(=O)CCCCCCCCCCCCCCCCC. The van der Waals surface area contributed by atoms with Crippen molar-refractivity contribution in [2.24, 2.45) is 0 Å². The smallest absolute Gasteiger partial charge is 0.306 e. The molecule has 0 rings (SSSR count). The zero-order valence-corrected chi connectivity index (χ0v) is 47.5. The first-order valence-corrected chi connectivity index (χ1v) is 30.4. The molecule has 0 aliphatic heterocycles. The van der Waals surface area contributed by atoms with Gasteiger partial charge in [0, 0.05) is 12.8 Å². The van der Waals surface area contributed by atoms with Crippen LogP contribution in [-0.4, -0.2) is 69.4 Å². The Bertz CT molecular complexity index is 1490. The monoisotopic (exact) mass is 1010 g/mol. The maximum atomic E-state index is 13.5. The molecule has 0 heterocycles. The van der Waals surface area contributed by atoms with Gasteiger partial charge in [-0.15, -0.1) is 0 Å². The molecule has 1 N–H and O–H groups in total. The van der Waals surface area contributed by atoms with Gasteiger partial charge in [0.2, 0.25) is 5.91 Å². The number of likely N-dealkylation sites (N-methyl/N-ethyl adjacent to an activating group) is 1. The third kappa shape index (κ3) is 51.9. The van der Waals surface area contributed by atoms with Gasteiger partial charge in [0.15, 0.2) is 0 Å². The predicted octanol–water partition coefficient (Wildman–Crippen LogP) is 16.8. The Labute approximate surface area is 437 Å². The number of carbonyl (C=O) groups is 2. The molecule has 0 radical (unpaired) electrons. The molecule has 410 valence electrons. The van der Waals surface area contributed by atoms with Crippen LogP contribution in [0.25, 0.3) is 0 Å². The van der Waals surface area contributed by atoms with Crippen LogP contribution < -0.4 is 10.2 Å². The molecular formula is C61H109N2O7P. The second-order valence-corrected chi connectivity index (χ2v) is 21.8. The number of phosphoric acid groups is 1. The standard InChI is InChI=1S/C61H109N2O7P/c1-7-10-13-16-19-22-25-27-29-30-31-32-34-36-39-42-45-48-51-54-61(65)70-59(52-49-46-43-40-37-24-21-18-15-12-9-3)58(57-69-71(66,67)68-56-55-63(4,5)6)62-60(64)53-50-47-44-41-38-35-33-28-26-23-20-17-14-11-8-2/h10,13,19,22,27,29,31-32,36,39,45,48-49,52,58-59H,7-9,11-12,14-18,20-21,23-26,28,30,33-35,37-38,40-44,46-47,50-51,53-57H2,1-6H3,(H-,62,64,66,67)/b13-10-,22-19-,29-27-,32-31-,39-36-,48-45-,52-49+. The first kappa shape index (κ1) is 68.2. The van der Waals surface area contributed by atoms with Gasteiger partial charge in [-0.05, 0) is 70.3 Å². The van der Waals surface area contributed by atoms with E-state index in [0.717, 1.165) is 77.0 Å². The Morgan fingerprint density at radius 1 is 0.507 bits per heavy atom. The first-order valence-electron chi connectivity index (χ1n) is 28.9. The minimum atomic E-state index is -4.71. The number of nitrogens with one attached hydrogen (secondary N) is 1. The molecule has 0 fully saturated rings. The number of hydrogen-bond acceptors (Lipinski definition) is 7. The second-order valence-electron chi connectivity index (χ2n) is 20.4. The predicted molar refractivity (Wildman–Crippen MR) is 302 cm³/mol. The number of hydrogen-bond donors (Lipinski definition) is 1. The molecule has 0 spiro atoms. The van der Waals surface area contributed by atoms with Crippen molar-refractivity contribution in [1.29, 1.82) is 0 Å². The molecule has 0 aliphatic rings. The average Bonchev–Trinajstić information content (AvgIpc) is 3.33. The van der Waals surface area contributed by atoms with Crippen LogP contribution >= 0.6 is 7.82 Å². The molecule has 10 heteroatoms. The summed E-state index contributed by atoms with van der Waals surface area (Å²) < 4.78 is 30.1. The third-order valence-electron chi connectivity index (χ3n) is 12.4. The second kappa shape index (κ2) is 50.7. The van der Waals surface area contributed by atoms with Gasteiger partial charge in [-0.1, -0.05) is 241 Å². The molecule has 0 aromatic rings. The largest absolute Gasteiger partial charge is 0.756 e. The van der Waals surface area contributed by atoms with Crippen LogP contribution in [0.4, 0.5) is 0 Å². The molecule has 0 aromatic carbocycles. The fraction of sp³-hybridized carbons (Fsp3) is 0.738. The van der Waals surface area contributed by atoms with E-state index in [1.807, 2.05) is 39.4 Å². The number of carbonyl (C=O) groups excluding carboxylic acids is 2. The highest BCUT2D eigenvalue weighted by Gasteiger charge is 2.27. The average molecular weight is 1010 g/mol. The Kier molecular flexibility index (Phi) is 48.7. The molecular weight excluding hydrogens is 904 g/mol. The Hall–Kier alpha value is -2.81. The van der Waals surface area contributed by atoms with E-state index in [2.05, 4.69) is 86.8 Å². The summed E-state index contributed by atoms with van der Waals surface area (Å²) in [7, 11) is 1.14. The quantitative estimate of drug-likeness (QED) is 0.0212. The highest BCUT2D eigenvalue weighted by molar-refractivity contribution is 7.45. The maximum absolute atomic E-state index is 13.5. The molecule has 0 saturated heterocycles. The van der Waals surface area contributed by atoms with E-state index in [-0.39, 0.29) is 18.9 Å². The molecule has 0 saturated carbocycles. The summed E-state index contributed by atoms with van der Waals surface area (Å²) in [5.41, 5.74) is 0. The summed E-state index contributed by atoms with van der Waals surface area (Å²) in [5.74, 6) is -0.639. The van der Waals surface area contributed by atoms with Gasteiger partial charge < -0.3 is 28.5 Å². The number of amides is 1. The van der Waals surface area contributed by atoms with E-state index >= 15 is 0 Å². The highest BCUT2D eigenvalue weighted by Crippen LogP contribution is 2.38. The zero-order chi connectivity index (χ0) is 52.2. The summed E-state index contributed by atoms with van der Waals surface area (Å²) in [5, 5.41) is 3.00. The van der Waals surface area contributed by atoms with Gasteiger partial charge in [-0.25, -0.2) is 0 Å². The molecule has 3 unspecified atom stereocenters. The Balaban J connectivity index is 5.42. The third-order valence-corrected chi connectivity index (χ3v) is 13.3. The van der Waals surface area contributed by atoms with Gasteiger partial charge in [0.25, 0.3) is 7.82 Å². The lowest BCUT2D eigenvalue weighted by Gasteiger charge is -2.30. The first-order chi connectivity index (χ1) is 34.4. The number of ether oxygens (including phenoxy) is 1. The van der Waals surface area contributed by atoms with Gasteiger partial charge in [-0.3, -0.25) is 14.2 Å². The minimum absolute atomic E-state index is 0.0356. The lowest BCUT2D eigenvalue weighted by Crippen LogP contribution is -2.47. The number of allylic oxidation sites excluding steroid dienone is 13. The van der Waals surface area contributed by atoms with Crippen LogP contribution in [-0.2, 0) is 27.9 Å². The fourth-order valence-electron chi connectivity index (χ4n) is 7.90. The van der Waals surface area contributed by atoms with Crippen molar-refractivity contribution in [2.45, 2.75) is 251 Å². The summed E-state index contributed by atoms with van der Waals surface area (Å²) in [6.07, 6.45) is 65.6. The molecule has 0 aliphatic carbocycles. The van der Waals surface area contributed by atoms with Crippen LogP contribution in [0.1, 0.15) is 239 Å². The van der Waals surface area contributed by atoms with Crippen molar-refractivity contribution in [3.05, 3.63) is 85.1 Å². The number of phosphoric ester groups is 1. The molecule has 9 nitrogen and oxygen atoms in total. The van der Waals surface area contributed by atoms with Crippen molar-refractivity contribution in [2.75, 3.05) is 40.9 Å². The van der Waals surface area contributed by atoms with Gasteiger partial charge >= 0.3 is 5.97 Å². The summed E-state index contributed by atoms with van der Waals surface area (Å²) >= 11 is 0. The van der Waals surface area contributed by atoms with Crippen molar-refractivity contribution >= 4 is 19.7 Å². The van der Waals surface area contributed by atoms with Crippen LogP contribution in [0, 0.1) is 0 Å². The van der Waals surface area contributed by atoms with E-state index in [4.69, 9.17) is 13.8 Å². The van der Waals surface area contributed by atoms with Crippen molar-refractivity contribution < 1.29 is 37.3 Å². The number of nitrogens with zero attached hydrogens (tertiary/aromatic N) is 1. The molecule has 3 atom stereocenters. The van der Waals surface area contributed by atoms with Crippen LogP contribution in [0.15, 0.2) is 85.1 Å². The normalized spacial score (nSPS) is 14.4. The molecule has 0 bridgehead atoms. The van der Waals surface area contributed by atoms with E-state index in [0.29, 0.717) is 23.9 Å². The Morgan fingerprint density at radius 2 is 0.915 bits per heavy atom. The lowest BCUT2D eigenvalue weighted by molar-refractivity contribution is -0.870. The van der Waals surface area contributed by atoms with E-state index < -0.39 is 32.5 Å². The zero-order valence-electron chi connectivity index (χ0n) is 46.7. The summed E-state index contributed by atoms with van der Waals surface area (Å²) in [4.78, 5) is 39.8. The van der Waals surface area contributed by atoms with Crippen LogP contribution in [0.3, 0.4) is 0 Å². The van der Waals surface area contributed by atoms with E-state index in [9.17, 15) is 19.0 Å². The van der Waals surface area contributed by atoms with Gasteiger partial charge in [0.1, 0.15) is 19.3 Å². The number of rotatable bonds is 51. The van der Waals surface area contributed by atoms with Gasteiger partial charge in [-0.2, -0.15) is 0 Å². The van der Waals surface area contributed by atoms with Crippen molar-refractivity contribution in [3.8, 4) is 0 Å². The maximum Gasteiger partial charge on any atom is 0.306 e. The lowest BCUT2D eigenvalue weighted by atomic mass is 10.0. The Morgan fingerprint density at radius 3 is 1.35 bits per heavy atom. The van der Waals surface area contributed by atoms with E-state index in [1.54, 1.807) is 6.08 Å². The van der Waals surface area contributed by atoms with Crippen LogP contribution in [0.2, 0.25) is 0 Å². The van der Waals surface area contributed by atoms with Crippen molar-refractivity contribution in [3.63, 3.8) is 0 Å². The summed E-state index contributed by atoms with van der Waals surface area (Å²) in [6.45, 7) is 6.67. The molecule has 1 amide bonds. The fourth-order valence-corrected chi connectivity index (χ4v) is 8.62. The number of quaternary nitrogens is 1. The van der Waals surface area contributed by atoms with E-state index in [1.165, 1.54) is 122 Å². The summed E-state index contributed by atoms with van der Waals surface area (Å²) in [6, 6.07) is -0.919. The minimum Gasteiger partial charge on any atom is -0.756 e. The number of esters is 1. The highest BCUT2D eigenvalue weighted by atomic mass is 31.2.